The molecule has 116 valence electrons. The van der Waals surface area contributed by atoms with Crippen molar-refractivity contribution in [3.05, 3.63) is 62.1 Å². The first-order valence-electron chi connectivity index (χ1n) is 5.95. The second-order valence-electron chi connectivity index (χ2n) is 4.37. The van der Waals surface area contributed by atoms with Crippen molar-refractivity contribution in [2.45, 2.75) is 11.8 Å². The molecule has 0 radical (unpaired) electrons. The molecule has 0 aliphatic rings. The number of anilines is 1. The number of nitrogens with zero attached hydrogens (tertiary/aromatic N) is 1. The van der Waals surface area contributed by atoms with Crippen molar-refractivity contribution < 1.29 is 13.3 Å². The molecule has 0 saturated heterocycles. The summed E-state index contributed by atoms with van der Waals surface area (Å²) in [5, 5.41) is 10.5. The van der Waals surface area contributed by atoms with E-state index in [1.54, 1.807) is 18.2 Å². The van der Waals surface area contributed by atoms with E-state index in [-0.39, 0.29) is 26.2 Å². The molecule has 0 unspecified atom stereocenters. The normalized spacial score (nSPS) is 11.2. The van der Waals surface area contributed by atoms with Gasteiger partial charge in [0.2, 0.25) is 0 Å². The minimum Gasteiger partial charge on any atom is -0.279 e. The molecule has 2 rings (SSSR count). The zero-order valence-electron chi connectivity index (χ0n) is 11.2. The van der Waals surface area contributed by atoms with Crippen LogP contribution in [0.2, 0.25) is 10.0 Å². The quantitative estimate of drug-likeness (QED) is 0.658. The summed E-state index contributed by atoms with van der Waals surface area (Å²) in [5.41, 5.74) is -0.148. The number of benzene rings is 2. The summed E-state index contributed by atoms with van der Waals surface area (Å²) in [5.74, 6) is 0. The van der Waals surface area contributed by atoms with Crippen molar-refractivity contribution in [2.24, 2.45) is 0 Å². The van der Waals surface area contributed by atoms with Gasteiger partial charge in [-0.05, 0) is 30.7 Å². The lowest BCUT2D eigenvalue weighted by molar-refractivity contribution is -0.384. The number of halogens is 2. The zero-order chi connectivity index (χ0) is 16.5. The van der Waals surface area contributed by atoms with Crippen LogP contribution in [0.25, 0.3) is 0 Å². The fourth-order valence-corrected chi connectivity index (χ4v) is 3.51. The number of hydrogen-bond acceptors (Lipinski definition) is 4. The van der Waals surface area contributed by atoms with Crippen LogP contribution in [-0.2, 0) is 10.0 Å². The highest BCUT2D eigenvalue weighted by Gasteiger charge is 2.24. The molecule has 0 bridgehead atoms. The van der Waals surface area contributed by atoms with Crippen molar-refractivity contribution in [2.75, 3.05) is 4.72 Å². The van der Waals surface area contributed by atoms with Crippen molar-refractivity contribution in [1.29, 1.82) is 0 Å². The molecule has 0 saturated carbocycles. The fourth-order valence-electron chi connectivity index (χ4n) is 1.78. The molecule has 0 atom stereocenters. The summed E-state index contributed by atoms with van der Waals surface area (Å²) in [7, 11) is -3.84. The van der Waals surface area contributed by atoms with E-state index in [4.69, 9.17) is 23.2 Å². The second kappa shape index (κ2) is 6.12. The van der Waals surface area contributed by atoms with Gasteiger partial charge in [-0.1, -0.05) is 41.4 Å². The first-order chi connectivity index (χ1) is 10.2. The highest BCUT2D eigenvalue weighted by Crippen LogP contribution is 2.39. The van der Waals surface area contributed by atoms with Crippen LogP contribution in [0.15, 0.2) is 41.3 Å². The van der Waals surface area contributed by atoms with E-state index < -0.39 is 20.6 Å². The van der Waals surface area contributed by atoms with Crippen LogP contribution < -0.4 is 4.72 Å². The Morgan fingerprint density at radius 2 is 1.77 bits per heavy atom. The summed E-state index contributed by atoms with van der Waals surface area (Å²) < 4.78 is 26.9. The first-order valence-corrected chi connectivity index (χ1v) is 8.19. The molecule has 22 heavy (non-hydrogen) atoms. The van der Waals surface area contributed by atoms with Gasteiger partial charge >= 0.3 is 5.69 Å². The Morgan fingerprint density at radius 1 is 1.18 bits per heavy atom. The highest BCUT2D eigenvalue weighted by molar-refractivity contribution is 7.92. The highest BCUT2D eigenvalue weighted by atomic mass is 35.5. The van der Waals surface area contributed by atoms with Gasteiger partial charge in [-0.2, -0.15) is 0 Å². The van der Waals surface area contributed by atoms with Crippen LogP contribution in [0.5, 0.6) is 0 Å². The summed E-state index contributed by atoms with van der Waals surface area (Å²) in [6, 6.07) is 8.86. The van der Waals surface area contributed by atoms with Crippen LogP contribution in [0.3, 0.4) is 0 Å². The predicted molar refractivity (Wildman–Crippen MR) is 85.1 cm³/mol. The van der Waals surface area contributed by atoms with Crippen molar-refractivity contribution in [1.82, 2.24) is 0 Å². The molecule has 0 spiro atoms. The van der Waals surface area contributed by atoms with Gasteiger partial charge in [0.15, 0.2) is 0 Å². The van der Waals surface area contributed by atoms with Crippen LogP contribution in [0.4, 0.5) is 11.4 Å². The lowest BCUT2D eigenvalue weighted by Crippen LogP contribution is -2.14. The van der Waals surface area contributed by atoms with Gasteiger partial charge in [-0.15, -0.1) is 0 Å². The molecule has 0 fully saturated rings. The maximum atomic E-state index is 12.3. The SMILES string of the molecule is Cc1c(NS(=O)(=O)c2ccccc2)cc(Cl)c([N+](=O)[O-])c1Cl. The first kappa shape index (κ1) is 16.5. The Bertz CT molecular complexity index is 839. The van der Waals surface area contributed by atoms with Crippen LogP contribution in [-0.4, -0.2) is 13.3 Å². The van der Waals surface area contributed by atoms with Gasteiger partial charge in [-0.3, -0.25) is 14.8 Å². The average molecular weight is 361 g/mol. The fraction of sp³-hybridized carbons (Fsp3) is 0.0769. The van der Waals surface area contributed by atoms with Gasteiger partial charge in [0.05, 0.1) is 15.5 Å². The van der Waals surface area contributed by atoms with Gasteiger partial charge in [-0.25, -0.2) is 8.42 Å². The lowest BCUT2D eigenvalue weighted by atomic mass is 10.2. The molecule has 6 nitrogen and oxygen atoms in total. The van der Waals surface area contributed by atoms with Crippen LogP contribution in [0, 0.1) is 17.0 Å². The van der Waals surface area contributed by atoms with Crippen molar-refractivity contribution >= 4 is 44.6 Å². The van der Waals surface area contributed by atoms with Crippen molar-refractivity contribution in [3.63, 3.8) is 0 Å². The molecule has 0 aliphatic heterocycles. The smallest absolute Gasteiger partial charge is 0.279 e. The summed E-state index contributed by atoms with van der Waals surface area (Å²) in [4.78, 5) is 10.3. The van der Waals surface area contributed by atoms with E-state index in [9.17, 15) is 18.5 Å². The van der Waals surface area contributed by atoms with E-state index >= 15 is 0 Å². The van der Waals surface area contributed by atoms with Crippen LogP contribution in [0.1, 0.15) is 5.56 Å². The van der Waals surface area contributed by atoms with E-state index in [0.717, 1.165) is 0 Å². The predicted octanol–water partition coefficient (Wildman–Crippen LogP) is 4.01. The number of nitrogens with one attached hydrogen (secondary N) is 1. The third kappa shape index (κ3) is 3.16. The third-order valence-electron chi connectivity index (χ3n) is 2.92. The molecule has 0 aromatic heterocycles. The number of rotatable bonds is 4. The monoisotopic (exact) mass is 360 g/mol. The molecule has 2 aromatic rings. The van der Waals surface area contributed by atoms with E-state index in [1.807, 2.05) is 0 Å². The Labute approximate surface area is 136 Å². The summed E-state index contributed by atoms with van der Waals surface area (Å²) in [6.07, 6.45) is 0. The van der Waals surface area contributed by atoms with E-state index in [2.05, 4.69) is 4.72 Å². The number of hydrogen-bond donors (Lipinski definition) is 1. The van der Waals surface area contributed by atoms with Gasteiger partial charge in [0.1, 0.15) is 10.0 Å². The Kier molecular flexibility index (Phi) is 4.60. The Morgan fingerprint density at radius 3 is 2.32 bits per heavy atom. The molecule has 2 aromatic carbocycles. The lowest BCUT2D eigenvalue weighted by Gasteiger charge is -2.12. The Hall–Kier alpha value is -1.83. The maximum Gasteiger partial charge on any atom is 0.306 e. The minimum atomic E-state index is -3.84. The molecule has 0 heterocycles. The zero-order valence-corrected chi connectivity index (χ0v) is 13.5. The largest absolute Gasteiger partial charge is 0.306 e. The second-order valence-corrected chi connectivity index (χ2v) is 6.84. The van der Waals surface area contributed by atoms with E-state index in [0.29, 0.717) is 0 Å². The third-order valence-corrected chi connectivity index (χ3v) is 5.05. The molecule has 9 heteroatoms. The van der Waals surface area contributed by atoms with E-state index in [1.165, 1.54) is 25.1 Å². The maximum absolute atomic E-state index is 12.3. The topological polar surface area (TPSA) is 89.3 Å². The molecular weight excluding hydrogens is 351 g/mol. The molecular formula is C13H10Cl2N2O4S. The van der Waals surface area contributed by atoms with Gasteiger partial charge in [0, 0.05) is 0 Å². The number of nitro groups is 1. The Balaban J connectivity index is 2.50. The number of sulfonamides is 1. The minimum absolute atomic E-state index is 0.0556. The van der Waals surface area contributed by atoms with Crippen LogP contribution >= 0.6 is 23.2 Å². The molecule has 1 N–H and O–H groups in total. The average Bonchev–Trinajstić information content (AvgIpc) is 2.45. The standard InChI is InChI=1S/C13H10Cl2N2O4S/c1-8-11(7-10(14)13(12(8)15)17(18)19)16-22(20,21)9-5-3-2-4-6-9/h2-7,16H,1H3. The van der Waals surface area contributed by atoms with Crippen molar-refractivity contribution in [3.8, 4) is 0 Å². The summed E-state index contributed by atoms with van der Waals surface area (Å²) in [6.45, 7) is 1.47. The summed E-state index contributed by atoms with van der Waals surface area (Å²) >= 11 is 11.7. The number of nitro benzene ring substituents is 1. The molecule has 0 aliphatic carbocycles. The van der Waals surface area contributed by atoms with Gasteiger partial charge in [0.25, 0.3) is 10.0 Å². The van der Waals surface area contributed by atoms with Gasteiger partial charge < -0.3 is 0 Å². The molecule has 0 amide bonds.